The van der Waals surface area contributed by atoms with Gasteiger partial charge in [0.05, 0.1) is 6.04 Å². The van der Waals surface area contributed by atoms with Crippen LogP contribution in [0.1, 0.15) is 18.9 Å². The maximum absolute atomic E-state index is 6.06. The third kappa shape index (κ3) is 3.07. The van der Waals surface area contributed by atoms with E-state index in [1.54, 1.807) is 0 Å². The Labute approximate surface area is 103 Å². The lowest BCUT2D eigenvalue weighted by atomic mass is 9.94. The summed E-state index contributed by atoms with van der Waals surface area (Å²) in [4.78, 5) is 7.05. The number of aliphatic imine (C=N–C) groups is 1. The van der Waals surface area contributed by atoms with Gasteiger partial charge >= 0.3 is 0 Å². The smallest absolute Gasteiger partial charge is 0.125 e. The van der Waals surface area contributed by atoms with Gasteiger partial charge in [-0.2, -0.15) is 0 Å². The lowest BCUT2D eigenvalue weighted by Crippen LogP contribution is -2.39. The second-order valence-electron chi connectivity index (χ2n) is 4.98. The Balaban J connectivity index is 2.09. The molecule has 0 aromatic heterocycles. The molecule has 2 N–H and O–H groups in total. The molecule has 1 aromatic rings. The van der Waals surface area contributed by atoms with Gasteiger partial charge in [0.15, 0.2) is 0 Å². The van der Waals surface area contributed by atoms with E-state index in [0.29, 0.717) is 17.8 Å². The summed E-state index contributed by atoms with van der Waals surface area (Å²) in [6.45, 7) is 4.47. The minimum Gasteiger partial charge on any atom is -0.383 e. The fourth-order valence-corrected chi connectivity index (χ4v) is 2.40. The van der Waals surface area contributed by atoms with Crippen LogP contribution in [0, 0.1) is 5.92 Å². The molecule has 1 aromatic carbocycles. The van der Waals surface area contributed by atoms with Gasteiger partial charge < -0.3 is 10.6 Å². The molecule has 3 nitrogen and oxygen atoms in total. The summed E-state index contributed by atoms with van der Waals surface area (Å²) in [7, 11) is 2.16. The number of benzene rings is 1. The van der Waals surface area contributed by atoms with Crippen molar-refractivity contribution in [1.29, 1.82) is 0 Å². The van der Waals surface area contributed by atoms with E-state index in [1.165, 1.54) is 0 Å². The summed E-state index contributed by atoms with van der Waals surface area (Å²) in [5.41, 5.74) is 7.09. The molecule has 1 fully saturated rings. The van der Waals surface area contributed by atoms with Crippen molar-refractivity contribution in [2.45, 2.75) is 19.4 Å². The minimum absolute atomic E-state index is 0.367. The second kappa shape index (κ2) is 5.32. The quantitative estimate of drug-likeness (QED) is 0.622. The third-order valence-electron chi connectivity index (χ3n) is 3.44. The standard InChI is InChI=1S/C14H21N3/c1-11-10-17(2)9-8-13(11)16-14(15)12-6-4-3-5-7-12/h3-7,11,13H,8-10H2,1-2H3,(H2,15,16). The number of hydrogen-bond donors (Lipinski definition) is 1. The average molecular weight is 231 g/mol. The lowest BCUT2D eigenvalue weighted by molar-refractivity contribution is 0.198. The van der Waals surface area contributed by atoms with Gasteiger partial charge in [-0.15, -0.1) is 0 Å². The minimum atomic E-state index is 0.367. The highest BCUT2D eigenvalue weighted by molar-refractivity contribution is 5.97. The Morgan fingerprint density at radius 2 is 2.06 bits per heavy atom. The maximum Gasteiger partial charge on any atom is 0.125 e. The SMILES string of the molecule is CC1CN(C)CCC1N=C(N)c1ccccc1. The Bertz CT molecular complexity index is 386. The average Bonchev–Trinajstić information content (AvgIpc) is 2.34. The zero-order valence-corrected chi connectivity index (χ0v) is 10.6. The first kappa shape index (κ1) is 12.1. The van der Waals surface area contributed by atoms with Crippen LogP contribution >= 0.6 is 0 Å². The molecule has 0 saturated carbocycles. The zero-order valence-electron chi connectivity index (χ0n) is 10.6. The number of rotatable bonds is 2. The molecule has 0 amide bonds. The molecule has 3 heteroatoms. The summed E-state index contributed by atoms with van der Waals surface area (Å²) in [5, 5.41) is 0. The predicted molar refractivity (Wildman–Crippen MR) is 72.2 cm³/mol. The first-order chi connectivity index (χ1) is 8.16. The maximum atomic E-state index is 6.06. The molecule has 1 saturated heterocycles. The van der Waals surface area contributed by atoms with E-state index in [9.17, 15) is 0 Å². The summed E-state index contributed by atoms with van der Waals surface area (Å²) in [5.74, 6) is 1.25. The van der Waals surface area contributed by atoms with Gasteiger partial charge in [0, 0.05) is 12.1 Å². The number of piperidine rings is 1. The van der Waals surface area contributed by atoms with Crippen LogP contribution in [0.15, 0.2) is 35.3 Å². The van der Waals surface area contributed by atoms with Crippen molar-refractivity contribution >= 4 is 5.84 Å². The highest BCUT2D eigenvalue weighted by atomic mass is 15.1. The highest BCUT2D eigenvalue weighted by Gasteiger charge is 2.23. The molecular weight excluding hydrogens is 210 g/mol. The van der Waals surface area contributed by atoms with Crippen molar-refractivity contribution in [3.05, 3.63) is 35.9 Å². The van der Waals surface area contributed by atoms with Crippen LogP contribution in [0.25, 0.3) is 0 Å². The van der Waals surface area contributed by atoms with Crippen molar-refractivity contribution in [3.63, 3.8) is 0 Å². The molecule has 1 aliphatic rings. The second-order valence-corrected chi connectivity index (χ2v) is 4.98. The predicted octanol–water partition coefficient (Wildman–Crippen LogP) is 1.73. The third-order valence-corrected chi connectivity index (χ3v) is 3.44. The molecule has 2 rings (SSSR count). The molecule has 0 radical (unpaired) electrons. The Morgan fingerprint density at radius 3 is 2.71 bits per heavy atom. The van der Waals surface area contributed by atoms with Gasteiger partial charge in [-0.3, -0.25) is 4.99 Å². The van der Waals surface area contributed by atoms with E-state index in [4.69, 9.17) is 5.73 Å². The fraction of sp³-hybridized carbons (Fsp3) is 0.500. The Hall–Kier alpha value is -1.35. The van der Waals surface area contributed by atoms with Gasteiger partial charge in [0.1, 0.15) is 5.84 Å². The van der Waals surface area contributed by atoms with Crippen LogP contribution in [-0.2, 0) is 0 Å². The first-order valence-electron chi connectivity index (χ1n) is 6.24. The normalized spacial score (nSPS) is 27.1. The van der Waals surface area contributed by atoms with Crippen molar-refractivity contribution in [2.75, 3.05) is 20.1 Å². The van der Waals surface area contributed by atoms with Crippen LogP contribution in [0.3, 0.4) is 0 Å². The van der Waals surface area contributed by atoms with Crippen LogP contribution in [0.4, 0.5) is 0 Å². The molecule has 17 heavy (non-hydrogen) atoms. The van der Waals surface area contributed by atoms with Gasteiger partial charge in [-0.1, -0.05) is 37.3 Å². The van der Waals surface area contributed by atoms with Gasteiger partial charge in [-0.05, 0) is 25.9 Å². The summed E-state index contributed by atoms with van der Waals surface area (Å²) < 4.78 is 0. The number of hydrogen-bond acceptors (Lipinski definition) is 2. The summed E-state index contributed by atoms with van der Waals surface area (Å²) >= 11 is 0. The van der Waals surface area contributed by atoms with E-state index in [1.807, 2.05) is 30.3 Å². The van der Waals surface area contributed by atoms with Gasteiger partial charge in [0.2, 0.25) is 0 Å². The fourth-order valence-electron chi connectivity index (χ4n) is 2.40. The highest BCUT2D eigenvalue weighted by Crippen LogP contribution is 2.19. The molecule has 0 aliphatic carbocycles. The molecule has 0 spiro atoms. The van der Waals surface area contributed by atoms with Crippen molar-refractivity contribution in [3.8, 4) is 0 Å². The molecule has 1 heterocycles. The number of nitrogens with zero attached hydrogens (tertiary/aromatic N) is 2. The van der Waals surface area contributed by atoms with Crippen molar-refractivity contribution < 1.29 is 0 Å². The molecule has 2 unspecified atom stereocenters. The van der Waals surface area contributed by atoms with E-state index in [-0.39, 0.29) is 0 Å². The molecule has 0 bridgehead atoms. The van der Waals surface area contributed by atoms with Crippen LogP contribution in [-0.4, -0.2) is 36.9 Å². The topological polar surface area (TPSA) is 41.6 Å². The van der Waals surface area contributed by atoms with E-state index in [0.717, 1.165) is 25.1 Å². The monoisotopic (exact) mass is 231 g/mol. The molecule has 1 aliphatic heterocycles. The van der Waals surface area contributed by atoms with E-state index < -0.39 is 0 Å². The molecular formula is C14H21N3. The summed E-state index contributed by atoms with van der Waals surface area (Å²) in [6, 6.07) is 10.4. The Kier molecular flexibility index (Phi) is 3.79. The van der Waals surface area contributed by atoms with Crippen LogP contribution in [0.5, 0.6) is 0 Å². The number of amidine groups is 1. The van der Waals surface area contributed by atoms with Crippen molar-refractivity contribution in [1.82, 2.24) is 4.90 Å². The summed E-state index contributed by atoms with van der Waals surface area (Å²) in [6.07, 6.45) is 1.10. The van der Waals surface area contributed by atoms with E-state index in [2.05, 4.69) is 23.9 Å². The number of nitrogens with two attached hydrogens (primary N) is 1. The van der Waals surface area contributed by atoms with Gasteiger partial charge in [-0.25, -0.2) is 0 Å². The Morgan fingerprint density at radius 1 is 1.35 bits per heavy atom. The van der Waals surface area contributed by atoms with Crippen LogP contribution < -0.4 is 5.73 Å². The van der Waals surface area contributed by atoms with Gasteiger partial charge in [0.25, 0.3) is 0 Å². The molecule has 92 valence electrons. The van der Waals surface area contributed by atoms with Crippen molar-refractivity contribution in [2.24, 2.45) is 16.6 Å². The number of likely N-dealkylation sites (tertiary alicyclic amines) is 1. The zero-order chi connectivity index (χ0) is 12.3. The largest absolute Gasteiger partial charge is 0.383 e. The van der Waals surface area contributed by atoms with E-state index >= 15 is 0 Å². The first-order valence-corrected chi connectivity index (χ1v) is 6.24. The van der Waals surface area contributed by atoms with Crippen LogP contribution in [0.2, 0.25) is 0 Å². The molecule has 2 atom stereocenters. The lowest BCUT2D eigenvalue weighted by Gasteiger charge is -2.32.